The number of nitrogens with one attached hydrogen (secondary N) is 2. The summed E-state index contributed by atoms with van der Waals surface area (Å²) in [6.07, 6.45) is 3.39. The summed E-state index contributed by atoms with van der Waals surface area (Å²) in [4.78, 5) is 21.4. The van der Waals surface area contributed by atoms with Gasteiger partial charge in [0, 0.05) is 24.9 Å². The normalized spacial score (nSPS) is 11.6. The molecule has 10 heteroatoms. The summed E-state index contributed by atoms with van der Waals surface area (Å²) in [5.74, 6) is 0.665. The van der Waals surface area contributed by atoms with Gasteiger partial charge in [-0.05, 0) is 42.8 Å². The van der Waals surface area contributed by atoms with Crippen molar-refractivity contribution in [2.24, 2.45) is 7.05 Å². The van der Waals surface area contributed by atoms with Crippen LogP contribution in [0, 0.1) is 12.7 Å². The van der Waals surface area contributed by atoms with Crippen LogP contribution in [0.25, 0.3) is 56.2 Å². The molecule has 0 bridgehead atoms. The third-order valence-corrected chi connectivity index (χ3v) is 5.69. The Labute approximate surface area is 186 Å². The molecule has 3 N–H and O–H groups in total. The Bertz CT molecular complexity index is 1660. The number of nitrogens with zero attached hydrogens (tertiary/aromatic N) is 6. The summed E-state index contributed by atoms with van der Waals surface area (Å²) < 4.78 is 15.9. The highest BCUT2D eigenvalue weighted by Crippen LogP contribution is 2.32. The molecule has 5 aromatic heterocycles. The number of aromatic nitrogens is 8. The fourth-order valence-electron chi connectivity index (χ4n) is 3.93. The van der Waals surface area contributed by atoms with Gasteiger partial charge >= 0.3 is 0 Å². The van der Waals surface area contributed by atoms with Crippen LogP contribution in [-0.2, 0) is 7.05 Å². The number of aromatic amines is 2. The molecule has 0 aliphatic heterocycles. The van der Waals surface area contributed by atoms with Crippen molar-refractivity contribution in [3.63, 3.8) is 0 Å². The number of aryl methyl sites for hydroxylation is 1. The predicted molar refractivity (Wildman–Crippen MR) is 121 cm³/mol. The fraction of sp³-hybridized carbons (Fsp3) is 0.0870. The lowest BCUT2D eigenvalue weighted by atomic mass is 10.1. The lowest BCUT2D eigenvalue weighted by Crippen LogP contribution is -1.96. The first-order chi connectivity index (χ1) is 16.0. The van der Waals surface area contributed by atoms with E-state index in [4.69, 9.17) is 9.97 Å². The molecule has 0 aliphatic rings. The number of hydrogen-bond donors (Lipinski definition) is 3. The van der Waals surface area contributed by atoms with Crippen molar-refractivity contribution in [1.29, 1.82) is 0 Å². The number of phenols is 1. The summed E-state index contributed by atoms with van der Waals surface area (Å²) in [6.45, 7) is 1.93. The molecule has 0 spiro atoms. The van der Waals surface area contributed by atoms with E-state index in [1.54, 1.807) is 18.5 Å². The standard InChI is InChI=1S/C23H17FN8O/c1-11-26-10-18(32(11)2)16-3-4-17-20(27-16)21(31-30-17)23-28-19-15(5-6-25-22(19)29-23)12-7-13(24)9-14(33)8-12/h3-10,33H,1-2H3,(H,30,31)(H,25,28,29). The summed E-state index contributed by atoms with van der Waals surface area (Å²) in [6, 6.07) is 9.44. The number of fused-ring (bicyclic) bond motifs is 2. The van der Waals surface area contributed by atoms with Crippen LogP contribution in [0.15, 0.2) is 48.8 Å². The zero-order chi connectivity index (χ0) is 22.7. The van der Waals surface area contributed by atoms with Crippen molar-refractivity contribution in [1.82, 2.24) is 39.7 Å². The van der Waals surface area contributed by atoms with Crippen LogP contribution in [0.4, 0.5) is 4.39 Å². The number of H-pyrrole nitrogens is 2. The molecule has 6 aromatic rings. The van der Waals surface area contributed by atoms with Gasteiger partial charge in [-0.2, -0.15) is 5.10 Å². The van der Waals surface area contributed by atoms with Crippen LogP contribution in [0.3, 0.4) is 0 Å². The summed E-state index contributed by atoms with van der Waals surface area (Å²) in [5.41, 5.74) is 5.78. The van der Waals surface area contributed by atoms with Crippen molar-refractivity contribution < 1.29 is 9.50 Å². The molecule has 0 amide bonds. The van der Waals surface area contributed by atoms with Crippen LogP contribution in [-0.4, -0.2) is 44.8 Å². The third kappa shape index (κ3) is 3.03. The fourth-order valence-corrected chi connectivity index (χ4v) is 3.93. The number of phenolic OH excluding ortho intramolecular Hbond substituents is 1. The Morgan fingerprint density at radius 2 is 1.91 bits per heavy atom. The molecule has 0 unspecified atom stereocenters. The second-order valence-electron chi connectivity index (χ2n) is 7.75. The summed E-state index contributed by atoms with van der Waals surface area (Å²) in [5, 5.41) is 17.2. The number of benzene rings is 1. The van der Waals surface area contributed by atoms with Crippen LogP contribution >= 0.6 is 0 Å². The van der Waals surface area contributed by atoms with Crippen molar-refractivity contribution in [3.8, 4) is 39.8 Å². The first-order valence-corrected chi connectivity index (χ1v) is 10.2. The van der Waals surface area contributed by atoms with Crippen molar-refractivity contribution in [3.05, 3.63) is 60.4 Å². The first kappa shape index (κ1) is 19.1. The number of pyridine rings is 2. The molecule has 9 nitrogen and oxygen atoms in total. The minimum atomic E-state index is -0.536. The molecule has 33 heavy (non-hydrogen) atoms. The maximum Gasteiger partial charge on any atom is 0.162 e. The summed E-state index contributed by atoms with van der Waals surface area (Å²) in [7, 11) is 1.94. The first-order valence-electron chi connectivity index (χ1n) is 10.2. The zero-order valence-electron chi connectivity index (χ0n) is 17.6. The number of imidazole rings is 2. The average molecular weight is 440 g/mol. The minimum absolute atomic E-state index is 0.161. The molecule has 0 atom stereocenters. The molecular formula is C23H17FN8O. The topological polar surface area (TPSA) is 121 Å². The molecule has 0 radical (unpaired) electrons. The van der Waals surface area contributed by atoms with Crippen LogP contribution in [0.5, 0.6) is 5.75 Å². The molecule has 6 rings (SSSR count). The van der Waals surface area contributed by atoms with Gasteiger partial charge < -0.3 is 14.7 Å². The number of hydrogen-bond acceptors (Lipinski definition) is 6. The second kappa shape index (κ2) is 6.95. The number of aromatic hydroxyl groups is 1. The van der Waals surface area contributed by atoms with Crippen molar-refractivity contribution >= 4 is 22.2 Å². The van der Waals surface area contributed by atoms with E-state index in [0.29, 0.717) is 39.3 Å². The Morgan fingerprint density at radius 1 is 1.03 bits per heavy atom. The molecule has 0 aliphatic carbocycles. The number of rotatable bonds is 3. The van der Waals surface area contributed by atoms with Gasteiger partial charge in [0.25, 0.3) is 0 Å². The Hall–Kier alpha value is -4.60. The Morgan fingerprint density at radius 3 is 2.70 bits per heavy atom. The quantitative estimate of drug-likeness (QED) is 0.381. The van der Waals surface area contributed by atoms with Gasteiger partial charge in [-0.3, -0.25) is 5.10 Å². The SMILES string of the molecule is Cc1ncc(-c2ccc3[nH]nc(-c4nc5c(-c6cc(O)cc(F)c6)ccnc5[nH]4)c3n2)n1C. The summed E-state index contributed by atoms with van der Waals surface area (Å²) >= 11 is 0. The highest BCUT2D eigenvalue weighted by molar-refractivity contribution is 5.95. The highest BCUT2D eigenvalue weighted by Gasteiger charge is 2.18. The van der Waals surface area contributed by atoms with E-state index in [1.807, 2.05) is 30.7 Å². The van der Waals surface area contributed by atoms with E-state index in [0.717, 1.165) is 28.8 Å². The van der Waals surface area contributed by atoms with Crippen LogP contribution in [0.1, 0.15) is 5.82 Å². The van der Waals surface area contributed by atoms with Gasteiger partial charge in [0.15, 0.2) is 17.2 Å². The minimum Gasteiger partial charge on any atom is -0.508 e. The zero-order valence-corrected chi connectivity index (χ0v) is 17.6. The molecule has 5 heterocycles. The van der Waals surface area contributed by atoms with E-state index in [-0.39, 0.29) is 5.75 Å². The molecule has 0 fully saturated rings. The number of halogens is 1. The Balaban J connectivity index is 1.52. The maximum absolute atomic E-state index is 13.9. The van der Waals surface area contributed by atoms with Crippen LogP contribution < -0.4 is 0 Å². The van der Waals surface area contributed by atoms with Gasteiger partial charge in [0.05, 0.1) is 23.1 Å². The molecule has 162 valence electrons. The molecule has 0 saturated carbocycles. The molecule has 1 aromatic carbocycles. The van der Waals surface area contributed by atoms with E-state index < -0.39 is 5.82 Å². The highest BCUT2D eigenvalue weighted by atomic mass is 19.1. The van der Waals surface area contributed by atoms with Gasteiger partial charge in [-0.1, -0.05) is 0 Å². The third-order valence-electron chi connectivity index (χ3n) is 5.69. The van der Waals surface area contributed by atoms with Crippen molar-refractivity contribution in [2.45, 2.75) is 6.92 Å². The van der Waals surface area contributed by atoms with Crippen LogP contribution in [0.2, 0.25) is 0 Å². The molecule has 0 saturated heterocycles. The largest absolute Gasteiger partial charge is 0.508 e. The van der Waals surface area contributed by atoms with E-state index in [1.165, 1.54) is 12.1 Å². The Kier molecular flexibility index (Phi) is 4.03. The van der Waals surface area contributed by atoms with Gasteiger partial charge in [-0.25, -0.2) is 24.3 Å². The van der Waals surface area contributed by atoms with Gasteiger partial charge in [0.2, 0.25) is 0 Å². The predicted octanol–water partition coefficient (Wildman–Crippen LogP) is 4.12. The van der Waals surface area contributed by atoms with Crippen molar-refractivity contribution in [2.75, 3.05) is 0 Å². The lowest BCUT2D eigenvalue weighted by Gasteiger charge is -2.03. The van der Waals surface area contributed by atoms with E-state index in [9.17, 15) is 9.50 Å². The van der Waals surface area contributed by atoms with E-state index >= 15 is 0 Å². The lowest BCUT2D eigenvalue weighted by molar-refractivity contribution is 0.469. The maximum atomic E-state index is 13.9. The average Bonchev–Trinajstić information content (AvgIpc) is 3.49. The van der Waals surface area contributed by atoms with Gasteiger partial charge in [-0.15, -0.1) is 0 Å². The second-order valence-corrected chi connectivity index (χ2v) is 7.75. The van der Waals surface area contributed by atoms with E-state index in [2.05, 4.69) is 25.1 Å². The van der Waals surface area contributed by atoms with Gasteiger partial charge in [0.1, 0.15) is 28.4 Å². The molecular weight excluding hydrogens is 423 g/mol. The monoisotopic (exact) mass is 440 g/mol. The smallest absolute Gasteiger partial charge is 0.162 e.